The van der Waals surface area contributed by atoms with E-state index in [0.717, 1.165) is 37.0 Å². The Morgan fingerprint density at radius 1 is 1.00 bits per heavy atom. The smallest absolute Gasteiger partial charge is 0.133 e. The van der Waals surface area contributed by atoms with Gasteiger partial charge in [0.2, 0.25) is 0 Å². The van der Waals surface area contributed by atoms with Crippen molar-refractivity contribution in [3.63, 3.8) is 0 Å². The van der Waals surface area contributed by atoms with Crippen molar-refractivity contribution in [1.29, 1.82) is 0 Å². The molecule has 0 radical (unpaired) electrons. The SMILES string of the molecule is C[C@@H](O)[C@H]1CC[C@H]2[C@@H]3CC[C@H]4CC(=O)CC[C@]4(C)[C@H]3CC[C@]12C. The highest BCUT2D eigenvalue weighted by molar-refractivity contribution is 5.79. The lowest BCUT2D eigenvalue weighted by Gasteiger charge is -2.60. The molecule has 4 aliphatic carbocycles. The Hall–Kier alpha value is -0.370. The van der Waals surface area contributed by atoms with Gasteiger partial charge in [-0.25, -0.2) is 0 Å². The third kappa shape index (κ3) is 2.19. The largest absolute Gasteiger partial charge is 0.393 e. The van der Waals surface area contributed by atoms with E-state index in [4.69, 9.17) is 0 Å². The fraction of sp³-hybridized carbons (Fsp3) is 0.952. The highest BCUT2D eigenvalue weighted by Crippen LogP contribution is 2.67. The van der Waals surface area contributed by atoms with E-state index in [1.54, 1.807) is 0 Å². The molecular formula is C21H34O2. The zero-order valence-electron chi connectivity index (χ0n) is 15.2. The number of aliphatic hydroxyl groups is 1. The Morgan fingerprint density at radius 2 is 1.74 bits per heavy atom. The van der Waals surface area contributed by atoms with Crippen LogP contribution in [0.3, 0.4) is 0 Å². The Balaban J connectivity index is 1.61. The molecule has 0 aromatic rings. The minimum absolute atomic E-state index is 0.152. The number of Topliss-reactive ketones (excluding diaryl/α,β-unsaturated/α-hetero) is 1. The number of ketones is 1. The predicted octanol–water partition coefficient (Wildman–Crippen LogP) is 4.60. The number of carbonyl (C=O) groups is 1. The summed E-state index contributed by atoms with van der Waals surface area (Å²) in [6.07, 6.45) is 10.5. The van der Waals surface area contributed by atoms with Gasteiger partial charge in [0.25, 0.3) is 0 Å². The molecule has 0 amide bonds. The maximum Gasteiger partial charge on any atom is 0.133 e. The Morgan fingerprint density at radius 3 is 2.48 bits per heavy atom. The second-order valence-corrected chi connectivity index (χ2v) is 9.87. The van der Waals surface area contributed by atoms with Crippen LogP contribution in [-0.2, 0) is 4.79 Å². The van der Waals surface area contributed by atoms with Crippen molar-refractivity contribution in [3.8, 4) is 0 Å². The van der Waals surface area contributed by atoms with Gasteiger partial charge in [-0.2, -0.15) is 0 Å². The minimum atomic E-state index is -0.152. The molecule has 0 aromatic carbocycles. The maximum atomic E-state index is 11.9. The lowest BCUT2D eigenvalue weighted by Crippen LogP contribution is -2.54. The Labute approximate surface area is 141 Å². The third-order valence-electron chi connectivity index (χ3n) is 9.14. The van der Waals surface area contributed by atoms with Gasteiger partial charge in [-0.1, -0.05) is 13.8 Å². The van der Waals surface area contributed by atoms with E-state index in [1.807, 2.05) is 6.92 Å². The lowest BCUT2D eigenvalue weighted by molar-refractivity contribution is -0.141. The van der Waals surface area contributed by atoms with Gasteiger partial charge in [-0.05, 0) is 92.3 Å². The van der Waals surface area contributed by atoms with Gasteiger partial charge in [0, 0.05) is 12.8 Å². The van der Waals surface area contributed by atoms with E-state index in [0.29, 0.717) is 28.4 Å². The quantitative estimate of drug-likeness (QED) is 0.767. The molecule has 0 bridgehead atoms. The van der Waals surface area contributed by atoms with Crippen LogP contribution in [0.1, 0.15) is 78.6 Å². The van der Waals surface area contributed by atoms with Gasteiger partial charge in [-0.15, -0.1) is 0 Å². The second kappa shape index (κ2) is 5.31. The van der Waals surface area contributed by atoms with E-state index in [2.05, 4.69) is 13.8 Å². The molecule has 130 valence electrons. The zero-order valence-corrected chi connectivity index (χ0v) is 15.2. The molecule has 0 saturated heterocycles. The molecule has 0 aliphatic heterocycles. The monoisotopic (exact) mass is 318 g/mol. The molecule has 4 rings (SSSR count). The first-order chi connectivity index (χ1) is 10.9. The number of carbonyl (C=O) groups excluding carboxylic acids is 1. The van der Waals surface area contributed by atoms with Crippen LogP contribution in [0.2, 0.25) is 0 Å². The minimum Gasteiger partial charge on any atom is -0.393 e. The standard InChI is InChI=1S/C21H34O2/c1-13(22)17-6-7-18-16-5-4-14-12-15(23)8-10-20(14,2)19(16)9-11-21(17,18)3/h13-14,16-19,22H,4-12H2,1-3H3/t13-,14+,16+,17-,18+,19+,20+,21-/m1/s1. The summed E-state index contributed by atoms with van der Waals surface area (Å²) in [7, 11) is 0. The molecule has 0 heterocycles. The molecule has 0 spiro atoms. The fourth-order valence-electron chi connectivity index (χ4n) is 7.88. The third-order valence-corrected chi connectivity index (χ3v) is 9.14. The van der Waals surface area contributed by atoms with Crippen molar-refractivity contribution >= 4 is 5.78 Å². The van der Waals surface area contributed by atoms with Crippen molar-refractivity contribution in [3.05, 3.63) is 0 Å². The highest BCUT2D eigenvalue weighted by Gasteiger charge is 2.60. The van der Waals surface area contributed by atoms with Crippen molar-refractivity contribution in [2.75, 3.05) is 0 Å². The van der Waals surface area contributed by atoms with Crippen LogP contribution in [0.4, 0.5) is 0 Å². The van der Waals surface area contributed by atoms with E-state index >= 15 is 0 Å². The predicted molar refractivity (Wildman–Crippen MR) is 91.9 cm³/mol. The normalized spacial score (nSPS) is 54.1. The van der Waals surface area contributed by atoms with Crippen LogP contribution < -0.4 is 0 Å². The molecule has 2 nitrogen and oxygen atoms in total. The summed E-state index contributed by atoms with van der Waals surface area (Å²) in [5.41, 5.74) is 0.782. The van der Waals surface area contributed by atoms with Gasteiger partial charge < -0.3 is 5.11 Å². The van der Waals surface area contributed by atoms with Crippen LogP contribution in [0, 0.1) is 40.4 Å². The average Bonchev–Trinajstić information content (AvgIpc) is 2.85. The topological polar surface area (TPSA) is 37.3 Å². The van der Waals surface area contributed by atoms with Gasteiger partial charge in [0.15, 0.2) is 0 Å². The number of rotatable bonds is 1. The average molecular weight is 319 g/mol. The molecule has 1 N–H and O–H groups in total. The molecule has 0 aromatic heterocycles. The Bertz CT molecular complexity index is 498. The number of hydrogen-bond donors (Lipinski definition) is 1. The first kappa shape index (κ1) is 16.1. The summed E-state index contributed by atoms with van der Waals surface area (Å²) in [6.45, 7) is 7.01. The zero-order chi connectivity index (χ0) is 16.4. The lowest BCUT2D eigenvalue weighted by atomic mass is 9.44. The maximum absolute atomic E-state index is 11.9. The van der Waals surface area contributed by atoms with Crippen LogP contribution in [0.5, 0.6) is 0 Å². The molecule has 4 fully saturated rings. The molecule has 23 heavy (non-hydrogen) atoms. The second-order valence-electron chi connectivity index (χ2n) is 9.87. The molecule has 2 heteroatoms. The van der Waals surface area contributed by atoms with Crippen LogP contribution >= 0.6 is 0 Å². The molecule has 8 atom stereocenters. The fourth-order valence-corrected chi connectivity index (χ4v) is 7.88. The summed E-state index contributed by atoms with van der Waals surface area (Å²) in [6, 6.07) is 0. The van der Waals surface area contributed by atoms with Crippen LogP contribution in [0.25, 0.3) is 0 Å². The van der Waals surface area contributed by atoms with E-state index in [9.17, 15) is 9.90 Å². The van der Waals surface area contributed by atoms with Gasteiger partial charge in [0.05, 0.1) is 6.10 Å². The molecule has 0 unspecified atom stereocenters. The summed E-state index contributed by atoms with van der Waals surface area (Å²) < 4.78 is 0. The van der Waals surface area contributed by atoms with Crippen molar-refractivity contribution in [2.24, 2.45) is 40.4 Å². The van der Waals surface area contributed by atoms with Crippen LogP contribution in [-0.4, -0.2) is 17.0 Å². The highest BCUT2D eigenvalue weighted by atomic mass is 16.3. The van der Waals surface area contributed by atoms with E-state index < -0.39 is 0 Å². The summed E-state index contributed by atoms with van der Waals surface area (Å²) in [5, 5.41) is 10.3. The van der Waals surface area contributed by atoms with Gasteiger partial charge >= 0.3 is 0 Å². The number of aliphatic hydroxyl groups excluding tert-OH is 1. The Kier molecular flexibility index (Phi) is 3.72. The first-order valence-electron chi connectivity index (χ1n) is 10.1. The number of fused-ring (bicyclic) bond motifs is 5. The van der Waals surface area contributed by atoms with E-state index in [-0.39, 0.29) is 6.10 Å². The van der Waals surface area contributed by atoms with Crippen molar-refractivity contribution < 1.29 is 9.90 Å². The summed E-state index contributed by atoms with van der Waals surface area (Å²) >= 11 is 0. The molecular weight excluding hydrogens is 284 g/mol. The van der Waals surface area contributed by atoms with Crippen molar-refractivity contribution in [1.82, 2.24) is 0 Å². The molecule has 4 aliphatic rings. The number of hydrogen-bond acceptors (Lipinski definition) is 2. The summed E-state index contributed by atoms with van der Waals surface area (Å²) in [4.78, 5) is 11.9. The molecule has 4 saturated carbocycles. The van der Waals surface area contributed by atoms with Gasteiger partial charge in [-0.3, -0.25) is 4.79 Å². The van der Waals surface area contributed by atoms with E-state index in [1.165, 1.54) is 38.5 Å². The summed E-state index contributed by atoms with van der Waals surface area (Å²) in [5.74, 6) is 4.18. The van der Waals surface area contributed by atoms with Crippen LogP contribution in [0.15, 0.2) is 0 Å². The first-order valence-corrected chi connectivity index (χ1v) is 10.1. The van der Waals surface area contributed by atoms with Gasteiger partial charge in [0.1, 0.15) is 5.78 Å². The van der Waals surface area contributed by atoms with Crippen molar-refractivity contribution in [2.45, 2.75) is 84.7 Å².